The van der Waals surface area contributed by atoms with Gasteiger partial charge >= 0.3 is 5.97 Å². The number of oxime groups is 1. The molecule has 0 aliphatic carbocycles. The van der Waals surface area contributed by atoms with E-state index in [1.54, 1.807) is 0 Å². The SMILES string of the molecule is C=CCON=C(C(=O)OC)c1nsc(N)n1. The van der Waals surface area contributed by atoms with Crippen LogP contribution >= 0.6 is 11.5 Å². The summed E-state index contributed by atoms with van der Waals surface area (Å²) in [6.45, 7) is 3.61. The van der Waals surface area contributed by atoms with Gasteiger partial charge in [0.15, 0.2) is 5.13 Å². The number of nitrogens with zero attached hydrogens (tertiary/aromatic N) is 3. The number of esters is 1. The van der Waals surface area contributed by atoms with Crippen molar-refractivity contribution in [2.24, 2.45) is 5.16 Å². The number of carbonyl (C=O) groups excluding carboxylic acids is 1. The average Bonchev–Trinajstić information content (AvgIpc) is 2.70. The van der Waals surface area contributed by atoms with Crippen LogP contribution in [-0.4, -0.2) is 34.8 Å². The molecule has 0 amide bonds. The maximum Gasteiger partial charge on any atom is 0.364 e. The highest BCUT2D eigenvalue weighted by Gasteiger charge is 2.20. The van der Waals surface area contributed by atoms with Crippen molar-refractivity contribution in [3.63, 3.8) is 0 Å². The number of methoxy groups -OCH3 is 1. The van der Waals surface area contributed by atoms with Gasteiger partial charge in [-0.15, -0.1) is 0 Å². The second kappa shape index (κ2) is 5.81. The standard InChI is InChI=1S/C8H10N4O3S/c1-3-4-15-11-5(7(13)14-2)6-10-8(9)16-12-6/h3H,1,4H2,2H3,(H2,9,10,12). The lowest BCUT2D eigenvalue weighted by atomic mass is 10.4. The van der Waals surface area contributed by atoms with Gasteiger partial charge in [0.25, 0.3) is 0 Å². The predicted molar refractivity (Wildman–Crippen MR) is 59.0 cm³/mol. The molecule has 0 unspecified atom stereocenters. The van der Waals surface area contributed by atoms with E-state index in [0.29, 0.717) is 0 Å². The monoisotopic (exact) mass is 242 g/mol. The van der Waals surface area contributed by atoms with Crippen molar-refractivity contribution >= 4 is 28.3 Å². The van der Waals surface area contributed by atoms with E-state index in [1.165, 1.54) is 13.2 Å². The van der Waals surface area contributed by atoms with Crippen LogP contribution in [0.1, 0.15) is 5.82 Å². The van der Waals surface area contributed by atoms with Crippen molar-refractivity contribution in [1.82, 2.24) is 9.36 Å². The van der Waals surface area contributed by atoms with E-state index in [1.807, 2.05) is 0 Å². The molecule has 0 fully saturated rings. The quantitative estimate of drug-likeness (QED) is 0.260. The second-order valence-corrected chi connectivity index (χ2v) is 3.26. The van der Waals surface area contributed by atoms with E-state index < -0.39 is 5.97 Å². The maximum absolute atomic E-state index is 11.3. The summed E-state index contributed by atoms with van der Waals surface area (Å²) in [6, 6.07) is 0. The molecule has 1 heterocycles. The molecule has 0 aromatic carbocycles. The third-order valence-corrected chi connectivity index (χ3v) is 1.92. The van der Waals surface area contributed by atoms with Crippen LogP contribution < -0.4 is 5.73 Å². The van der Waals surface area contributed by atoms with Crippen molar-refractivity contribution in [2.45, 2.75) is 0 Å². The van der Waals surface area contributed by atoms with Crippen LogP contribution in [0.2, 0.25) is 0 Å². The Morgan fingerprint density at radius 2 is 2.50 bits per heavy atom. The van der Waals surface area contributed by atoms with Gasteiger partial charge in [-0.3, -0.25) is 0 Å². The summed E-state index contributed by atoms with van der Waals surface area (Å²) >= 11 is 0.952. The van der Waals surface area contributed by atoms with Gasteiger partial charge in [-0.05, 0) is 0 Å². The molecule has 8 heteroatoms. The molecule has 0 atom stereocenters. The van der Waals surface area contributed by atoms with E-state index in [0.717, 1.165) is 11.5 Å². The molecular formula is C8H10N4O3S. The highest BCUT2D eigenvalue weighted by Crippen LogP contribution is 2.07. The summed E-state index contributed by atoms with van der Waals surface area (Å²) < 4.78 is 8.35. The molecule has 0 bridgehead atoms. The minimum atomic E-state index is -0.693. The Morgan fingerprint density at radius 3 is 3.00 bits per heavy atom. The van der Waals surface area contributed by atoms with Crippen LogP contribution in [0.5, 0.6) is 0 Å². The van der Waals surface area contributed by atoms with Gasteiger partial charge in [0, 0.05) is 11.5 Å². The number of hydrogen-bond donors (Lipinski definition) is 1. The van der Waals surface area contributed by atoms with Crippen molar-refractivity contribution in [1.29, 1.82) is 0 Å². The fourth-order valence-corrected chi connectivity index (χ4v) is 1.19. The number of carbonyl (C=O) groups is 1. The first-order valence-corrected chi connectivity index (χ1v) is 4.95. The van der Waals surface area contributed by atoms with E-state index in [2.05, 4.69) is 25.8 Å². The van der Waals surface area contributed by atoms with Gasteiger partial charge in [-0.25, -0.2) is 4.79 Å². The highest BCUT2D eigenvalue weighted by atomic mass is 32.1. The minimum absolute atomic E-state index is 0.0819. The van der Waals surface area contributed by atoms with Gasteiger partial charge in [0.2, 0.25) is 11.5 Å². The second-order valence-electron chi connectivity index (χ2n) is 2.47. The zero-order valence-electron chi connectivity index (χ0n) is 8.54. The van der Waals surface area contributed by atoms with Gasteiger partial charge < -0.3 is 15.3 Å². The average molecular weight is 242 g/mol. The molecular weight excluding hydrogens is 232 g/mol. The zero-order valence-corrected chi connectivity index (χ0v) is 9.36. The number of rotatable bonds is 5. The topological polar surface area (TPSA) is 99.7 Å². The number of hydrogen-bond acceptors (Lipinski definition) is 8. The van der Waals surface area contributed by atoms with Crippen LogP contribution in [0.25, 0.3) is 0 Å². The van der Waals surface area contributed by atoms with Crippen molar-refractivity contribution in [3.8, 4) is 0 Å². The Bertz CT molecular complexity index is 415. The van der Waals surface area contributed by atoms with Crippen LogP contribution in [0, 0.1) is 0 Å². The number of nitrogens with two attached hydrogens (primary N) is 1. The Balaban J connectivity index is 2.91. The Labute approximate surface area is 95.7 Å². The van der Waals surface area contributed by atoms with E-state index >= 15 is 0 Å². The van der Waals surface area contributed by atoms with Gasteiger partial charge in [-0.2, -0.15) is 9.36 Å². The van der Waals surface area contributed by atoms with E-state index in [9.17, 15) is 4.79 Å². The highest BCUT2D eigenvalue weighted by molar-refractivity contribution is 7.09. The first-order valence-electron chi connectivity index (χ1n) is 4.17. The zero-order chi connectivity index (χ0) is 12.0. The Morgan fingerprint density at radius 1 is 1.75 bits per heavy atom. The predicted octanol–water partition coefficient (Wildman–Crippen LogP) is 0.200. The molecule has 0 spiro atoms. The van der Waals surface area contributed by atoms with Crippen molar-refractivity contribution in [2.75, 3.05) is 19.5 Å². The third kappa shape index (κ3) is 3.02. The Kier molecular flexibility index (Phi) is 4.40. The Hall–Kier alpha value is -1.96. The van der Waals surface area contributed by atoms with Gasteiger partial charge in [0.1, 0.15) is 6.61 Å². The van der Waals surface area contributed by atoms with Gasteiger partial charge in [0.05, 0.1) is 7.11 Å². The molecule has 16 heavy (non-hydrogen) atoms. The van der Waals surface area contributed by atoms with Crippen LogP contribution in [0.15, 0.2) is 17.8 Å². The van der Waals surface area contributed by atoms with Gasteiger partial charge in [-0.1, -0.05) is 17.8 Å². The fourth-order valence-electron chi connectivity index (χ4n) is 0.752. The molecule has 1 aromatic heterocycles. The third-order valence-electron chi connectivity index (χ3n) is 1.38. The smallest absolute Gasteiger partial charge is 0.364 e. The maximum atomic E-state index is 11.3. The molecule has 2 N–H and O–H groups in total. The van der Waals surface area contributed by atoms with Crippen molar-refractivity contribution < 1.29 is 14.4 Å². The number of anilines is 1. The summed E-state index contributed by atoms with van der Waals surface area (Å²) in [5.74, 6) is -0.611. The molecule has 0 aliphatic heterocycles. The van der Waals surface area contributed by atoms with Crippen LogP contribution in [-0.2, 0) is 14.4 Å². The molecule has 7 nitrogen and oxygen atoms in total. The molecule has 1 aromatic rings. The van der Waals surface area contributed by atoms with Crippen LogP contribution in [0.3, 0.4) is 0 Å². The molecule has 0 saturated carbocycles. The summed E-state index contributed by atoms with van der Waals surface area (Å²) in [4.78, 5) is 19.9. The lowest BCUT2D eigenvalue weighted by Gasteiger charge is -1.99. The molecule has 0 saturated heterocycles. The first-order chi connectivity index (χ1) is 7.69. The number of ether oxygens (including phenoxy) is 1. The van der Waals surface area contributed by atoms with E-state index in [4.69, 9.17) is 10.6 Å². The number of nitrogen functional groups attached to an aromatic ring is 1. The summed E-state index contributed by atoms with van der Waals surface area (Å²) in [5, 5.41) is 3.80. The minimum Gasteiger partial charge on any atom is -0.464 e. The molecule has 86 valence electrons. The van der Waals surface area contributed by atoms with Crippen LogP contribution in [0.4, 0.5) is 5.13 Å². The normalized spacial score (nSPS) is 10.9. The van der Waals surface area contributed by atoms with E-state index in [-0.39, 0.29) is 23.3 Å². The first kappa shape index (κ1) is 12.1. The largest absolute Gasteiger partial charge is 0.464 e. The summed E-state index contributed by atoms with van der Waals surface area (Å²) in [6.07, 6.45) is 1.49. The number of aromatic nitrogens is 2. The molecule has 0 aliphatic rings. The summed E-state index contributed by atoms with van der Waals surface area (Å²) in [7, 11) is 1.22. The fraction of sp³-hybridized carbons (Fsp3) is 0.250. The molecule has 0 radical (unpaired) electrons. The van der Waals surface area contributed by atoms with Crippen molar-refractivity contribution in [3.05, 3.63) is 18.5 Å². The summed E-state index contributed by atoms with van der Waals surface area (Å²) in [5.41, 5.74) is 5.27. The molecule has 1 rings (SSSR count). The lowest BCUT2D eigenvalue weighted by Crippen LogP contribution is -2.19. The lowest BCUT2D eigenvalue weighted by molar-refractivity contribution is -0.132.